The fraction of sp³-hybridized carbons (Fsp3) is 0.529. The van der Waals surface area contributed by atoms with Crippen molar-refractivity contribution in [2.24, 2.45) is 4.99 Å². The Kier molecular flexibility index (Phi) is 6.72. The Labute approximate surface area is 137 Å². The lowest BCUT2D eigenvalue weighted by Gasteiger charge is -2.11. The zero-order valence-electron chi connectivity index (χ0n) is 14.2. The van der Waals surface area contributed by atoms with Gasteiger partial charge in [0.25, 0.3) is 0 Å². The fourth-order valence-corrected chi connectivity index (χ4v) is 2.07. The Morgan fingerprint density at radius 3 is 2.74 bits per heavy atom. The van der Waals surface area contributed by atoms with E-state index in [1.54, 1.807) is 6.26 Å². The Morgan fingerprint density at radius 1 is 1.26 bits per heavy atom. The van der Waals surface area contributed by atoms with E-state index in [1.165, 1.54) is 0 Å². The van der Waals surface area contributed by atoms with Crippen LogP contribution in [0.5, 0.6) is 0 Å². The Hall–Kier alpha value is -2.24. The molecule has 0 aliphatic rings. The first-order valence-electron chi connectivity index (χ1n) is 8.16. The maximum atomic E-state index is 5.56. The van der Waals surface area contributed by atoms with Gasteiger partial charge in [-0.05, 0) is 32.4 Å². The zero-order chi connectivity index (χ0) is 16.5. The minimum Gasteiger partial charge on any atom is -0.469 e. The zero-order valence-corrected chi connectivity index (χ0v) is 14.2. The molecular weight excluding hydrogens is 292 g/mol. The predicted octanol–water partition coefficient (Wildman–Crippen LogP) is 2.96. The van der Waals surface area contributed by atoms with Gasteiger partial charge in [0.2, 0.25) is 5.89 Å². The van der Waals surface area contributed by atoms with E-state index >= 15 is 0 Å². The van der Waals surface area contributed by atoms with Crippen LogP contribution in [0.2, 0.25) is 0 Å². The number of hydrogen-bond donors (Lipinski definition) is 2. The van der Waals surface area contributed by atoms with Gasteiger partial charge in [-0.15, -0.1) is 0 Å². The molecule has 6 nitrogen and oxygen atoms in total. The number of hydrogen-bond acceptors (Lipinski definition) is 4. The highest BCUT2D eigenvalue weighted by atomic mass is 16.4. The smallest absolute Gasteiger partial charge is 0.216 e. The third-order valence-corrected chi connectivity index (χ3v) is 3.51. The van der Waals surface area contributed by atoms with Crippen LogP contribution in [0.3, 0.4) is 0 Å². The summed E-state index contributed by atoms with van der Waals surface area (Å²) in [5.74, 6) is 3.23. The van der Waals surface area contributed by atoms with Crippen LogP contribution in [0.15, 0.2) is 32.2 Å². The van der Waals surface area contributed by atoms with Gasteiger partial charge >= 0.3 is 0 Å². The van der Waals surface area contributed by atoms with E-state index in [-0.39, 0.29) is 0 Å². The standard InChI is InChI=1S/C17H26N4O2/c1-4-5-9-18-17(19-10-8-15-7-6-11-22-15)20-12-16-21-13(2)14(3)23-16/h6-7,11H,4-5,8-10,12H2,1-3H3,(H2,18,19,20). The van der Waals surface area contributed by atoms with Gasteiger partial charge < -0.3 is 19.5 Å². The second-order valence-corrected chi connectivity index (χ2v) is 5.45. The van der Waals surface area contributed by atoms with Gasteiger partial charge in [-0.25, -0.2) is 9.98 Å². The number of oxazole rings is 1. The summed E-state index contributed by atoms with van der Waals surface area (Å²) in [6, 6.07) is 3.87. The minimum atomic E-state index is 0.427. The number of aliphatic imine (C=N–C) groups is 1. The van der Waals surface area contributed by atoms with E-state index in [9.17, 15) is 0 Å². The van der Waals surface area contributed by atoms with Crippen molar-refractivity contribution in [1.29, 1.82) is 0 Å². The number of nitrogens with zero attached hydrogens (tertiary/aromatic N) is 2. The van der Waals surface area contributed by atoms with Crippen LogP contribution in [0.25, 0.3) is 0 Å². The summed E-state index contributed by atoms with van der Waals surface area (Å²) in [5, 5.41) is 6.65. The molecule has 0 bridgehead atoms. The van der Waals surface area contributed by atoms with Gasteiger partial charge in [-0.2, -0.15) is 0 Å². The van der Waals surface area contributed by atoms with E-state index in [1.807, 2.05) is 26.0 Å². The van der Waals surface area contributed by atoms with Crippen LogP contribution in [-0.4, -0.2) is 24.0 Å². The average molecular weight is 318 g/mol. The lowest BCUT2D eigenvalue weighted by Crippen LogP contribution is -2.38. The molecule has 0 aliphatic carbocycles. The van der Waals surface area contributed by atoms with Crippen molar-refractivity contribution in [3.05, 3.63) is 41.5 Å². The number of rotatable bonds is 8. The number of aromatic nitrogens is 1. The molecule has 0 radical (unpaired) electrons. The predicted molar refractivity (Wildman–Crippen MR) is 90.4 cm³/mol. The van der Waals surface area contributed by atoms with Gasteiger partial charge in [0, 0.05) is 19.5 Å². The van der Waals surface area contributed by atoms with Gasteiger partial charge in [0.15, 0.2) is 5.96 Å². The highest BCUT2D eigenvalue weighted by molar-refractivity contribution is 5.79. The van der Waals surface area contributed by atoms with Gasteiger partial charge in [0.05, 0.1) is 12.0 Å². The average Bonchev–Trinajstić information content (AvgIpc) is 3.15. The van der Waals surface area contributed by atoms with Crippen molar-refractivity contribution in [3.63, 3.8) is 0 Å². The van der Waals surface area contributed by atoms with Gasteiger partial charge in [0.1, 0.15) is 18.1 Å². The second-order valence-electron chi connectivity index (χ2n) is 5.45. The number of aryl methyl sites for hydroxylation is 2. The molecule has 0 saturated carbocycles. The summed E-state index contributed by atoms with van der Waals surface area (Å²) in [6.07, 6.45) is 4.76. The number of nitrogens with one attached hydrogen (secondary N) is 2. The molecule has 2 aromatic rings. The van der Waals surface area contributed by atoms with Gasteiger partial charge in [-0.3, -0.25) is 0 Å². The lowest BCUT2D eigenvalue weighted by atomic mass is 10.3. The normalized spacial score (nSPS) is 11.7. The molecule has 0 atom stereocenters. The van der Waals surface area contributed by atoms with Crippen LogP contribution in [0.4, 0.5) is 0 Å². The SMILES string of the molecule is CCCCNC(=NCc1nc(C)c(C)o1)NCCc1ccco1. The van der Waals surface area contributed by atoms with E-state index in [0.29, 0.717) is 12.4 Å². The van der Waals surface area contributed by atoms with Crippen LogP contribution >= 0.6 is 0 Å². The molecule has 0 amide bonds. The summed E-state index contributed by atoms with van der Waals surface area (Å²) >= 11 is 0. The van der Waals surface area contributed by atoms with Gasteiger partial charge in [-0.1, -0.05) is 13.3 Å². The van der Waals surface area contributed by atoms with Crippen molar-refractivity contribution < 1.29 is 8.83 Å². The highest BCUT2D eigenvalue weighted by Gasteiger charge is 2.06. The van der Waals surface area contributed by atoms with Crippen molar-refractivity contribution in [1.82, 2.24) is 15.6 Å². The summed E-state index contributed by atoms with van der Waals surface area (Å²) in [6.45, 7) is 8.10. The number of furan rings is 1. The lowest BCUT2D eigenvalue weighted by molar-refractivity contribution is 0.472. The first-order valence-corrected chi connectivity index (χ1v) is 8.16. The maximum Gasteiger partial charge on any atom is 0.216 e. The molecule has 2 N–H and O–H groups in total. The van der Waals surface area contributed by atoms with E-state index in [0.717, 1.165) is 55.5 Å². The van der Waals surface area contributed by atoms with Crippen LogP contribution in [0.1, 0.15) is 42.9 Å². The van der Waals surface area contributed by atoms with Crippen molar-refractivity contribution in [2.75, 3.05) is 13.1 Å². The summed E-state index contributed by atoms with van der Waals surface area (Å²) in [5.41, 5.74) is 0.918. The van der Waals surface area contributed by atoms with Crippen molar-refractivity contribution in [2.45, 2.75) is 46.6 Å². The molecule has 2 heterocycles. The molecule has 0 aromatic carbocycles. The first-order chi connectivity index (χ1) is 11.2. The number of guanidine groups is 1. The molecule has 126 valence electrons. The molecule has 0 spiro atoms. The number of unbranched alkanes of at least 4 members (excludes halogenated alkanes) is 1. The Balaban J connectivity index is 1.87. The van der Waals surface area contributed by atoms with Crippen LogP contribution in [-0.2, 0) is 13.0 Å². The minimum absolute atomic E-state index is 0.427. The molecule has 0 fully saturated rings. The summed E-state index contributed by atoms with van der Waals surface area (Å²) in [4.78, 5) is 8.90. The topological polar surface area (TPSA) is 75.6 Å². The van der Waals surface area contributed by atoms with Crippen molar-refractivity contribution >= 4 is 5.96 Å². The fourth-order valence-electron chi connectivity index (χ4n) is 2.07. The molecule has 0 unspecified atom stereocenters. The van der Waals surface area contributed by atoms with Crippen LogP contribution in [0, 0.1) is 13.8 Å². The molecular formula is C17H26N4O2. The quantitative estimate of drug-likeness (QED) is 0.444. The molecule has 23 heavy (non-hydrogen) atoms. The van der Waals surface area contributed by atoms with E-state index in [4.69, 9.17) is 8.83 Å². The highest BCUT2D eigenvalue weighted by Crippen LogP contribution is 2.08. The Bertz CT molecular complexity index is 583. The van der Waals surface area contributed by atoms with E-state index in [2.05, 4.69) is 27.5 Å². The first kappa shape index (κ1) is 17.1. The molecule has 2 aromatic heterocycles. The largest absolute Gasteiger partial charge is 0.469 e. The summed E-state index contributed by atoms with van der Waals surface area (Å²) < 4.78 is 10.9. The third-order valence-electron chi connectivity index (χ3n) is 3.51. The van der Waals surface area contributed by atoms with E-state index < -0.39 is 0 Å². The second kappa shape index (κ2) is 9.02. The monoisotopic (exact) mass is 318 g/mol. The van der Waals surface area contributed by atoms with Crippen molar-refractivity contribution in [3.8, 4) is 0 Å². The maximum absolute atomic E-state index is 5.56. The molecule has 2 rings (SSSR count). The summed E-state index contributed by atoms with van der Waals surface area (Å²) in [7, 11) is 0. The Morgan fingerprint density at radius 2 is 2.09 bits per heavy atom. The molecule has 0 saturated heterocycles. The molecule has 6 heteroatoms. The van der Waals surface area contributed by atoms with Crippen LogP contribution < -0.4 is 10.6 Å². The molecule has 0 aliphatic heterocycles. The third kappa shape index (κ3) is 5.81.